The van der Waals surface area contributed by atoms with Crippen molar-refractivity contribution in [2.24, 2.45) is 0 Å². The van der Waals surface area contributed by atoms with Gasteiger partial charge in [0.15, 0.2) is 6.61 Å². The van der Waals surface area contributed by atoms with Crippen molar-refractivity contribution in [3.63, 3.8) is 0 Å². The van der Waals surface area contributed by atoms with Gasteiger partial charge < -0.3 is 10.1 Å². The zero-order valence-corrected chi connectivity index (χ0v) is 16.8. The van der Waals surface area contributed by atoms with Gasteiger partial charge in [0.25, 0.3) is 17.7 Å². The van der Waals surface area contributed by atoms with Crippen LogP contribution in [0.1, 0.15) is 44.4 Å². The summed E-state index contributed by atoms with van der Waals surface area (Å²) in [5, 5.41) is 3.08. The number of amides is 3. The van der Waals surface area contributed by atoms with Crippen LogP contribution in [0.4, 0.5) is 5.69 Å². The number of nitrogens with zero attached hydrogens (tertiary/aromatic N) is 1. The first kappa shape index (κ1) is 20.8. The van der Waals surface area contributed by atoms with E-state index in [0.29, 0.717) is 11.6 Å². The predicted molar refractivity (Wildman–Crippen MR) is 108 cm³/mol. The van der Waals surface area contributed by atoms with Crippen molar-refractivity contribution in [3.05, 3.63) is 63.1 Å². The number of hydrogen-bond donors (Lipinski definition) is 1. The van der Waals surface area contributed by atoms with Gasteiger partial charge in [0.1, 0.15) is 0 Å². The first-order chi connectivity index (χ1) is 13.8. The van der Waals surface area contributed by atoms with Crippen molar-refractivity contribution < 1.29 is 23.9 Å². The Kier molecular flexibility index (Phi) is 6.20. The number of nitrogens with one attached hydrogen (secondary N) is 1. The Labute approximate surface area is 176 Å². The Balaban J connectivity index is 1.79. The third-order valence-electron chi connectivity index (χ3n) is 4.19. The molecule has 1 aliphatic heterocycles. The second-order valence-electron chi connectivity index (χ2n) is 6.23. The van der Waals surface area contributed by atoms with Gasteiger partial charge in [-0.15, -0.1) is 0 Å². The lowest BCUT2D eigenvalue weighted by atomic mass is 10.1. The minimum absolute atomic E-state index is 0.0594. The van der Waals surface area contributed by atoms with Crippen LogP contribution in [-0.2, 0) is 9.53 Å². The number of fused-ring (bicyclic) bond motifs is 1. The molecular formula is C20H16Cl2N2O5. The van der Waals surface area contributed by atoms with Gasteiger partial charge in [0.05, 0.1) is 32.4 Å². The second kappa shape index (κ2) is 8.63. The van der Waals surface area contributed by atoms with Crippen molar-refractivity contribution in [2.75, 3.05) is 18.1 Å². The number of benzene rings is 2. The van der Waals surface area contributed by atoms with Crippen LogP contribution in [0.15, 0.2) is 36.4 Å². The van der Waals surface area contributed by atoms with E-state index in [9.17, 15) is 19.2 Å². The Morgan fingerprint density at radius 1 is 1.00 bits per heavy atom. The van der Waals surface area contributed by atoms with Crippen molar-refractivity contribution in [1.82, 2.24) is 5.32 Å². The Morgan fingerprint density at radius 3 is 2.41 bits per heavy atom. The molecule has 0 bridgehead atoms. The maximum atomic E-state index is 12.8. The summed E-state index contributed by atoms with van der Waals surface area (Å²) in [5.74, 6) is -2.33. The summed E-state index contributed by atoms with van der Waals surface area (Å²) in [6, 6.07) is 8.42. The monoisotopic (exact) mass is 434 g/mol. The van der Waals surface area contributed by atoms with Gasteiger partial charge in [0, 0.05) is 6.54 Å². The lowest BCUT2D eigenvalue weighted by molar-refractivity contribution is -0.124. The smallest absolute Gasteiger partial charge is 0.338 e. The number of esters is 1. The molecule has 9 heteroatoms. The van der Waals surface area contributed by atoms with Crippen molar-refractivity contribution in [3.8, 4) is 0 Å². The summed E-state index contributed by atoms with van der Waals surface area (Å²) in [6.07, 6.45) is 0.760. The molecule has 1 heterocycles. The zero-order valence-electron chi connectivity index (χ0n) is 15.3. The molecule has 2 aromatic carbocycles. The minimum Gasteiger partial charge on any atom is -0.452 e. The van der Waals surface area contributed by atoms with E-state index in [1.165, 1.54) is 36.4 Å². The summed E-state index contributed by atoms with van der Waals surface area (Å²) in [7, 11) is 0. The average molecular weight is 435 g/mol. The van der Waals surface area contributed by atoms with Gasteiger partial charge in [-0.2, -0.15) is 0 Å². The first-order valence-electron chi connectivity index (χ1n) is 8.75. The third kappa shape index (κ3) is 4.26. The van der Waals surface area contributed by atoms with Crippen LogP contribution in [0, 0.1) is 0 Å². The number of halogens is 2. The third-order valence-corrected chi connectivity index (χ3v) is 4.93. The van der Waals surface area contributed by atoms with Crippen LogP contribution < -0.4 is 10.2 Å². The largest absolute Gasteiger partial charge is 0.452 e. The highest BCUT2D eigenvalue weighted by atomic mass is 35.5. The summed E-state index contributed by atoms with van der Waals surface area (Å²) in [4.78, 5) is 50.2. The van der Waals surface area contributed by atoms with Crippen LogP contribution in [0.3, 0.4) is 0 Å². The van der Waals surface area contributed by atoms with E-state index in [1.54, 1.807) is 0 Å². The van der Waals surface area contributed by atoms with Crippen molar-refractivity contribution >= 4 is 52.6 Å². The number of ether oxygens (including phenoxy) is 1. The van der Waals surface area contributed by atoms with Gasteiger partial charge in [0.2, 0.25) is 0 Å². The van der Waals surface area contributed by atoms with Crippen molar-refractivity contribution in [2.45, 2.75) is 13.3 Å². The molecule has 0 saturated heterocycles. The average Bonchev–Trinajstić information content (AvgIpc) is 2.96. The lowest BCUT2D eigenvalue weighted by Crippen LogP contribution is -2.29. The van der Waals surface area contributed by atoms with Crippen LogP contribution in [-0.4, -0.2) is 36.8 Å². The van der Waals surface area contributed by atoms with E-state index in [0.717, 1.165) is 11.3 Å². The number of carbonyl (C=O) groups excluding carboxylic acids is 4. The quantitative estimate of drug-likeness (QED) is 0.554. The molecule has 0 aromatic heterocycles. The van der Waals surface area contributed by atoms with Gasteiger partial charge >= 0.3 is 5.97 Å². The van der Waals surface area contributed by atoms with Crippen molar-refractivity contribution in [1.29, 1.82) is 0 Å². The van der Waals surface area contributed by atoms with Gasteiger partial charge in [-0.05, 0) is 42.8 Å². The summed E-state index contributed by atoms with van der Waals surface area (Å²) in [6.45, 7) is 1.95. The molecular weight excluding hydrogens is 419 g/mol. The fraction of sp³-hybridized carbons (Fsp3) is 0.200. The molecule has 0 saturated carbocycles. The number of rotatable bonds is 6. The number of anilines is 1. The van der Waals surface area contributed by atoms with E-state index < -0.39 is 30.3 Å². The maximum absolute atomic E-state index is 12.8. The van der Waals surface area contributed by atoms with E-state index >= 15 is 0 Å². The molecule has 0 fully saturated rings. The molecule has 29 heavy (non-hydrogen) atoms. The molecule has 150 valence electrons. The summed E-state index contributed by atoms with van der Waals surface area (Å²) < 4.78 is 4.96. The van der Waals surface area contributed by atoms with E-state index in [4.69, 9.17) is 27.9 Å². The molecule has 1 aliphatic rings. The maximum Gasteiger partial charge on any atom is 0.338 e. The van der Waals surface area contributed by atoms with E-state index in [-0.39, 0.29) is 27.4 Å². The Hall–Kier alpha value is -2.90. The first-order valence-corrected chi connectivity index (χ1v) is 9.50. The molecule has 3 amide bonds. The highest BCUT2D eigenvalue weighted by Gasteiger charge is 2.37. The fourth-order valence-electron chi connectivity index (χ4n) is 2.76. The summed E-state index contributed by atoms with van der Waals surface area (Å²) >= 11 is 11.9. The molecule has 7 nitrogen and oxygen atoms in total. The predicted octanol–water partition coefficient (Wildman–Crippen LogP) is 3.48. The van der Waals surface area contributed by atoms with Crippen LogP contribution >= 0.6 is 23.2 Å². The number of hydrogen-bond acceptors (Lipinski definition) is 5. The normalized spacial score (nSPS) is 12.7. The molecule has 1 N–H and O–H groups in total. The van der Waals surface area contributed by atoms with E-state index in [2.05, 4.69) is 5.32 Å². The highest BCUT2D eigenvalue weighted by Crippen LogP contribution is 2.33. The lowest BCUT2D eigenvalue weighted by Gasteiger charge is -2.14. The Bertz CT molecular complexity index is 1020. The van der Waals surface area contributed by atoms with Crippen LogP contribution in [0.2, 0.25) is 10.0 Å². The highest BCUT2D eigenvalue weighted by molar-refractivity contribution is 6.42. The Morgan fingerprint density at radius 2 is 1.72 bits per heavy atom. The van der Waals surface area contributed by atoms with E-state index in [1.807, 2.05) is 6.92 Å². The number of imide groups is 1. The molecule has 0 unspecified atom stereocenters. The van der Waals surface area contributed by atoms with Crippen LogP contribution in [0.5, 0.6) is 0 Å². The second-order valence-corrected chi connectivity index (χ2v) is 7.04. The molecule has 3 rings (SSSR count). The molecule has 0 radical (unpaired) electrons. The van der Waals surface area contributed by atoms with Gasteiger partial charge in [-0.3, -0.25) is 14.4 Å². The zero-order chi connectivity index (χ0) is 21.1. The fourth-order valence-corrected chi connectivity index (χ4v) is 3.05. The SMILES string of the molecule is CCCNC(=O)COC(=O)c1ccc2c(c1)C(=O)N(c1ccc(Cl)c(Cl)c1)C2=O. The number of carbonyl (C=O) groups is 4. The molecule has 2 aromatic rings. The molecule has 0 spiro atoms. The molecule has 0 atom stereocenters. The standard InChI is InChI=1S/C20H16Cl2N2O5/c1-2-7-23-17(25)10-29-20(28)11-3-5-13-14(8-11)19(27)24(18(13)26)12-4-6-15(21)16(22)9-12/h3-6,8-9H,2,7,10H2,1H3,(H,23,25). The molecule has 0 aliphatic carbocycles. The summed E-state index contributed by atoms with van der Waals surface area (Å²) in [5.41, 5.74) is 0.538. The van der Waals surface area contributed by atoms with Gasteiger partial charge in [-0.1, -0.05) is 30.1 Å². The topological polar surface area (TPSA) is 92.8 Å². The minimum atomic E-state index is -0.771. The van der Waals surface area contributed by atoms with Gasteiger partial charge in [-0.25, -0.2) is 9.69 Å². The van der Waals surface area contributed by atoms with Crippen LogP contribution in [0.25, 0.3) is 0 Å².